The van der Waals surface area contributed by atoms with Crippen molar-refractivity contribution in [1.29, 1.82) is 0 Å². The van der Waals surface area contributed by atoms with Crippen LogP contribution in [0.4, 0.5) is 8.78 Å². The summed E-state index contributed by atoms with van der Waals surface area (Å²) in [6, 6.07) is -0.240. The summed E-state index contributed by atoms with van der Waals surface area (Å²) in [6.07, 6.45) is 5.25. The van der Waals surface area contributed by atoms with E-state index < -0.39 is 5.92 Å². The molecule has 0 bridgehead atoms. The van der Waals surface area contributed by atoms with E-state index in [0.717, 1.165) is 6.92 Å². The van der Waals surface area contributed by atoms with Crippen LogP contribution in [0.5, 0.6) is 0 Å². The van der Waals surface area contributed by atoms with Crippen molar-refractivity contribution in [2.45, 2.75) is 32.2 Å². The van der Waals surface area contributed by atoms with Crippen LogP contribution in [0.3, 0.4) is 0 Å². The number of rotatable bonds is 3. The zero-order valence-corrected chi connectivity index (χ0v) is 9.13. The molecule has 0 N–H and O–H groups in total. The van der Waals surface area contributed by atoms with Gasteiger partial charge in [-0.2, -0.15) is 8.78 Å². The highest BCUT2D eigenvalue weighted by atomic mass is 19.3. The molecule has 0 amide bonds. The standard InChI is InChI=1S/C11H15F2NO/c1-4-8-7-9(15-3)5-6-10(14-8)11(2,12)13/h5-8H,4H2,1-3H3. The van der Waals surface area contributed by atoms with E-state index in [1.54, 1.807) is 6.08 Å². The fourth-order valence-electron chi connectivity index (χ4n) is 1.27. The lowest BCUT2D eigenvalue weighted by Crippen LogP contribution is -2.23. The van der Waals surface area contributed by atoms with Crippen molar-refractivity contribution in [1.82, 2.24) is 0 Å². The number of ether oxygens (including phenoxy) is 1. The Morgan fingerprint density at radius 2 is 2.13 bits per heavy atom. The Bertz CT molecular complexity index is 313. The van der Waals surface area contributed by atoms with Gasteiger partial charge in [0, 0.05) is 6.92 Å². The molecular weight excluding hydrogens is 200 g/mol. The van der Waals surface area contributed by atoms with Crippen molar-refractivity contribution in [3.05, 3.63) is 24.0 Å². The fraction of sp³-hybridized carbons (Fsp3) is 0.545. The summed E-state index contributed by atoms with van der Waals surface area (Å²) in [5.41, 5.74) is -0.197. The van der Waals surface area contributed by atoms with Crippen LogP contribution < -0.4 is 0 Å². The summed E-state index contributed by atoms with van der Waals surface area (Å²) in [5.74, 6) is -2.33. The minimum absolute atomic E-state index is 0.197. The molecule has 1 atom stereocenters. The van der Waals surface area contributed by atoms with Crippen LogP contribution in [-0.4, -0.2) is 24.8 Å². The van der Waals surface area contributed by atoms with Gasteiger partial charge in [0.25, 0.3) is 5.92 Å². The van der Waals surface area contributed by atoms with Gasteiger partial charge >= 0.3 is 0 Å². The molecule has 1 rings (SSSR count). The third-order valence-corrected chi connectivity index (χ3v) is 2.17. The van der Waals surface area contributed by atoms with E-state index >= 15 is 0 Å². The number of aliphatic imine (C=N–C) groups is 1. The van der Waals surface area contributed by atoms with E-state index in [1.807, 2.05) is 6.92 Å². The Kier molecular flexibility index (Phi) is 3.61. The van der Waals surface area contributed by atoms with Crippen molar-refractivity contribution in [2.24, 2.45) is 4.99 Å². The Balaban J connectivity index is 3.00. The summed E-state index contributed by atoms with van der Waals surface area (Å²) in [4.78, 5) is 3.99. The number of nitrogens with zero attached hydrogens (tertiary/aromatic N) is 1. The fourth-order valence-corrected chi connectivity index (χ4v) is 1.27. The van der Waals surface area contributed by atoms with Gasteiger partial charge in [-0.15, -0.1) is 0 Å². The van der Waals surface area contributed by atoms with Gasteiger partial charge in [0.1, 0.15) is 11.5 Å². The van der Waals surface area contributed by atoms with Crippen molar-refractivity contribution in [3.8, 4) is 0 Å². The highest BCUT2D eigenvalue weighted by Crippen LogP contribution is 2.20. The zero-order valence-electron chi connectivity index (χ0n) is 9.13. The van der Waals surface area contributed by atoms with Gasteiger partial charge in [-0.3, -0.25) is 4.99 Å². The van der Waals surface area contributed by atoms with Crippen molar-refractivity contribution < 1.29 is 13.5 Å². The van der Waals surface area contributed by atoms with Crippen molar-refractivity contribution in [3.63, 3.8) is 0 Å². The monoisotopic (exact) mass is 215 g/mol. The molecule has 1 aliphatic rings. The zero-order chi connectivity index (χ0) is 11.5. The highest BCUT2D eigenvalue weighted by Gasteiger charge is 2.28. The maximum atomic E-state index is 13.1. The van der Waals surface area contributed by atoms with Crippen LogP contribution in [0.15, 0.2) is 29.0 Å². The lowest BCUT2D eigenvalue weighted by atomic mass is 10.2. The molecule has 0 radical (unpaired) electrons. The first-order chi connectivity index (χ1) is 6.97. The first-order valence-electron chi connectivity index (χ1n) is 4.87. The average molecular weight is 215 g/mol. The molecule has 2 nitrogen and oxygen atoms in total. The summed E-state index contributed by atoms with van der Waals surface area (Å²) in [7, 11) is 1.51. The molecule has 1 aliphatic heterocycles. The Labute approximate surface area is 88.3 Å². The van der Waals surface area contributed by atoms with Crippen LogP contribution in [-0.2, 0) is 4.74 Å². The van der Waals surface area contributed by atoms with Gasteiger partial charge in [0.2, 0.25) is 0 Å². The minimum atomic E-state index is -2.90. The molecule has 0 spiro atoms. The number of hydrogen-bond donors (Lipinski definition) is 0. The molecule has 4 heteroatoms. The number of allylic oxidation sites excluding steroid dienone is 2. The molecular formula is C11H15F2NO. The Morgan fingerprint density at radius 1 is 1.47 bits per heavy atom. The third kappa shape index (κ3) is 3.15. The van der Waals surface area contributed by atoms with Crippen LogP contribution >= 0.6 is 0 Å². The molecule has 1 heterocycles. The number of alkyl halides is 2. The minimum Gasteiger partial charge on any atom is -0.497 e. The van der Waals surface area contributed by atoms with Gasteiger partial charge in [0.15, 0.2) is 0 Å². The normalized spacial score (nSPS) is 21.8. The summed E-state index contributed by atoms with van der Waals surface area (Å²) >= 11 is 0. The first kappa shape index (κ1) is 11.9. The highest BCUT2D eigenvalue weighted by molar-refractivity contribution is 6.01. The van der Waals surface area contributed by atoms with E-state index in [4.69, 9.17) is 4.74 Å². The van der Waals surface area contributed by atoms with E-state index in [1.165, 1.54) is 19.3 Å². The molecule has 15 heavy (non-hydrogen) atoms. The third-order valence-electron chi connectivity index (χ3n) is 2.17. The first-order valence-corrected chi connectivity index (χ1v) is 4.87. The Hall–Kier alpha value is -1.19. The predicted molar refractivity (Wildman–Crippen MR) is 56.4 cm³/mol. The van der Waals surface area contributed by atoms with Gasteiger partial charge in [0.05, 0.1) is 13.2 Å². The molecule has 0 aromatic heterocycles. The van der Waals surface area contributed by atoms with Crippen LogP contribution in [0.2, 0.25) is 0 Å². The topological polar surface area (TPSA) is 21.6 Å². The van der Waals surface area contributed by atoms with Gasteiger partial charge in [-0.25, -0.2) is 0 Å². The molecule has 84 valence electrons. The smallest absolute Gasteiger partial charge is 0.286 e. The second kappa shape index (κ2) is 4.55. The molecule has 0 aliphatic carbocycles. The molecule has 0 aromatic carbocycles. The van der Waals surface area contributed by atoms with Crippen LogP contribution in [0.25, 0.3) is 0 Å². The van der Waals surface area contributed by atoms with Crippen molar-refractivity contribution in [2.75, 3.05) is 7.11 Å². The second-order valence-corrected chi connectivity index (χ2v) is 3.48. The summed E-state index contributed by atoms with van der Waals surface area (Å²) in [5, 5.41) is 0. The largest absolute Gasteiger partial charge is 0.497 e. The lowest BCUT2D eigenvalue weighted by molar-refractivity contribution is 0.101. The molecule has 1 unspecified atom stereocenters. The molecule has 0 aromatic rings. The molecule has 0 saturated carbocycles. The number of methoxy groups -OCH3 is 1. The van der Waals surface area contributed by atoms with E-state index in [2.05, 4.69) is 4.99 Å². The van der Waals surface area contributed by atoms with E-state index in [-0.39, 0.29) is 11.8 Å². The second-order valence-electron chi connectivity index (χ2n) is 3.48. The van der Waals surface area contributed by atoms with Gasteiger partial charge < -0.3 is 4.74 Å². The maximum absolute atomic E-state index is 13.1. The number of halogens is 2. The lowest BCUT2D eigenvalue weighted by Gasteiger charge is -2.11. The average Bonchev–Trinajstić information content (AvgIpc) is 2.38. The van der Waals surface area contributed by atoms with E-state index in [0.29, 0.717) is 12.2 Å². The quantitative estimate of drug-likeness (QED) is 0.709. The van der Waals surface area contributed by atoms with E-state index in [9.17, 15) is 8.78 Å². The maximum Gasteiger partial charge on any atom is 0.286 e. The SMILES string of the molecule is CCC1C=C(OC)C=CC(C(C)(F)F)=N1. The van der Waals surface area contributed by atoms with Crippen LogP contribution in [0.1, 0.15) is 20.3 Å². The number of hydrogen-bond acceptors (Lipinski definition) is 2. The summed E-state index contributed by atoms with van der Waals surface area (Å²) < 4.78 is 31.2. The van der Waals surface area contributed by atoms with Gasteiger partial charge in [-0.05, 0) is 24.6 Å². The van der Waals surface area contributed by atoms with Crippen molar-refractivity contribution >= 4 is 5.71 Å². The molecule has 0 fully saturated rings. The van der Waals surface area contributed by atoms with Crippen LogP contribution in [0, 0.1) is 0 Å². The van der Waals surface area contributed by atoms with Gasteiger partial charge in [-0.1, -0.05) is 6.92 Å². The predicted octanol–water partition coefficient (Wildman–Crippen LogP) is 2.96. The Morgan fingerprint density at radius 3 is 2.60 bits per heavy atom. The summed E-state index contributed by atoms with van der Waals surface area (Å²) in [6.45, 7) is 2.75. The molecule has 0 saturated heterocycles.